The Hall–Kier alpha value is -3.85. The van der Waals surface area contributed by atoms with E-state index < -0.39 is 5.97 Å². The van der Waals surface area contributed by atoms with Crippen molar-refractivity contribution < 1.29 is 13.9 Å². The van der Waals surface area contributed by atoms with Gasteiger partial charge in [0.2, 0.25) is 0 Å². The number of hydrogen-bond donors (Lipinski definition) is 1. The molecule has 2 aromatic carbocycles. The number of esters is 1. The van der Waals surface area contributed by atoms with Crippen LogP contribution in [-0.2, 0) is 4.74 Å². The second-order valence-corrected chi connectivity index (χ2v) is 6.21. The van der Waals surface area contributed by atoms with E-state index in [0.29, 0.717) is 17.1 Å². The molecule has 0 aliphatic rings. The maximum atomic E-state index is 11.9. The van der Waals surface area contributed by atoms with Gasteiger partial charge in [0.15, 0.2) is 6.61 Å². The van der Waals surface area contributed by atoms with E-state index in [1.807, 2.05) is 32.0 Å². The number of rotatable bonds is 6. The van der Waals surface area contributed by atoms with Gasteiger partial charge >= 0.3 is 5.97 Å². The summed E-state index contributed by atoms with van der Waals surface area (Å²) < 4.78 is 10.6. The first-order valence-electron chi connectivity index (χ1n) is 8.67. The van der Waals surface area contributed by atoms with Crippen molar-refractivity contribution in [3.8, 4) is 17.4 Å². The largest absolute Gasteiger partial charge is 0.455 e. The van der Waals surface area contributed by atoms with Crippen molar-refractivity contribution in [2.75, 3.05) is 12.0 Å². The second-order valence-electron chi connectivity index (χ2n) is 6.21. The molecule has 1 N–H and O–H groups in total. The molecule has 0 aliphatic heterocycles. The SMILES string of the molecule is Cc1ccc(N/N=C/c2ccc(-c3cccc(C(=O)OCC#N)c3)o2)c(C)c1. The summed E-state index contributed by atoms with van der Waals surface area (Å²) in [4.78, 5) is 11.9. The van der Waals surface area contributed by atoms with E-state index in [1.165, 1.54) is 5.56 Å². The van der Waals surface area contributed by atoms with Crippen molar-refractivity contribution >= 4 is 17.9 Å². The monoisotopic (exact) mass is 373 g/mol. The molecule has 28 heavy (non-hydrogen) atoms. The Balaban J connectivity index is 1.70. The third kappa shape index (κ3) is 4.65. The van der Waals surface area contributed by atoms with E-state index in [0.717, 1.165) is 16.8 Å². The van der Waals surface area contributed by atoms with Crippen molar-refractivity contribution in [1.82, 2.24) is 0 Å². The van der Waals surface area contributed by atoms with E-state index in [1.54, 1.807) is 42.6 Å². The normalized spacial score (nSPS) is 10.6. The van der Waals surface area contributed by atoms with Crippen LogP contribution in [0.15, 0.2) is 64.1 Å². The van der Waals surface area contributed by atoms with Crippen molar-refractivity contribution in [1.29, 1.82) is 5.26 Å². The van der Waals surface area contributed by atoms with Crippen LogP contribution in [0.25, 0.3) is 11.3 Å². The zero-order valence-corrected chi connectivity index (χ0v) is 15.6. The lowest BCUT2D eigenvalue weighted by Crippen LogP contribution is -2.05. The van der Waals surface area contributed by atoms with E-state index in [-0.39, 0.29) is 6.61 Å². The standard InChI is InChI=1S/C22H19N3O3/c1-15-6-8-20(16(2)12-15)25-24-14-19-7-9-21(28-19)17-4-3-5-18(13-17)22(26)27-11-10-23/h3-9,12-14,25H,11H2,1-2H3/b24-14+. The molecule has 6 heteroatoms. The van der Waals surface area contributed by atoms with Crippen LogP contribution in [0, 0.1) is 25.2 Å². The highest BCUT2D eigenvalue weighted by Gasteiger charge is 2.10. The van der Waals surface area contributed by atoms with Crippen LogP contribution in [0.3, 0.4) is 0 Å². The summed E-state index contributed by atoms with van der Waals surface area (Å²) in [5.74, 6) is 0.627. The smallest absolute Gasteiger partial charge is 0.339 e. The zero-order valence-electron chi connectivity index (χ0n) is 15.6. The average Bonchev–Trinajstić information content (AvgIpc) is 3.17. The zero-order chi connectivity index (χ0) is 19.9. The number of nitrogens with zero attached hydrogens (tertiary/aromatic N) is 2. The molecular weight excluding hydrogens is 354 g/mol. The fourth-order valence-electron chi connectivity index (χ4n) is 2.66. The molecule has 0 bridgehead atoms. The van der Waals surface area contributed by atoms with E-state index in [4.69, 9.17) is 14.4 Å². The van der Waals surface area contributed by atoms with Crippen LogP contribution in [0.4, 0.5) is 5.69 Å². The number of nitriles is 1. The Morgan fingerprint density at radius 3 is 2.86 bits per heavy atom. The topological polar surface area (TPSA) is 87.6 Å². The molecule has 6 nitrogen and oxygen atoms in total. The Morgan fingerprint density at radius 2 is 2.07 bits per heavy atom. The van der Waals surface area contributed by atoms with Crippen LogP contribution < -0.4 is 5.43 Å². The molecule has 3 aromatic rings. The minimum atomic E-state index is -0.547. The van der Waals surface area contributed by atoms with Crippen LogP contribution in [0.1, 0.15) is 27.2 Å². The maximum absolute atomic E-state index is 11.9. The molecule has 0 atom stereocenters. The summed E-state index contributed by atoms with van der Waals surface area (Å²) in [5.41, 5.74) is 7.32. The van der Waals surface area contributed by atoms with Gasteiger partial charge in [-0.1, -0.05) is 29.8 Å². The summed E-state index contributed by atoms with van der Waals surface area (Å²) in [5, 5.41) is 12.7. The molecule has 1 heterocycles. The lowest BCUT2D eigenvalue weighted by molar-refractivity contribution is 0.0555. The highest BCUT2D eigenvalue weighted by molar-refractivity contribution is 5.91. The predicted octanol–water partition coefficient (Wildman–Crippen LogP) is 4.69. The number of carbonyl (C=O) groups excluding carboxylic acids is 1. The predicted molar refractivity (Wildman–Crippen MR) is 107 cm³/mol. The van der Waals surface area contributed by atoms with Gasteiger partial charge in [-0.25, -0.2) is 4.79 Å². The number of benzene rings is 2. The van der Waals surface area contributed by atoms with Crippen molar-refractivity contribution in [2.45, 2.75) is 13.8 Å². The molecule has 140 valence electrons. The van der Waals surface area contributed by atoms with Gasteiger partial charge in [0, 0.05) is 5.56 Å². The van der Waals surface area contributed by atoms with Gasteiger partial charge in [-0.15, -0.1) is 0 Å². The van der Waals surface area contributed by atoms with Gasteiger partial charge in [0.25, 0.3) is 0 Å². The quantitative estimate of drug-likeness (QED) is 0.385. The third-order valence-electron chi connectivity index (χ3n) is 4.04. The molecular formula is C22H19N3O3. The third-order valence-corrected chi connectivity index (χ3v) is 4.04. The van der Waals surface area contributed by atoms with Crippen LogP contribution in [0.5, 0.6) is 0 Å². The van der Waals surface area contributed by atoms with Gasteiger partial charge in [-0.2, -0.15) is 10.4 Å². The molecule has 0 aliphatic carbocycles. The molecule has 0 fully saturated rings. The van der Waals surface area contributed by atoms with E-state index in [9.17, 15) is 4.79 Å². The first-order chi connectivity index (χ1) is 13.6. The molecule has 0 saturated carbocycles. The van der Waals surface area contributed by atoms with Gasteiger partial charge in [-0.05, 0) is 49.7 Å². The number of carbonyl (C=O) groups is 1. The Kier molecular flexibility index (Phi) is 5.87. The first-order valence-corrected chi connectivity index (χ1v) is 8.67. The summed E-state index contributed by atoms with van der Waals surface area (Å²) >= 11 is 0. The molecule has 0 spiro atoms. The number of nitrogens with one attached hydrogen (secondary N) is 1. The lowest BCUT2D eigenvalue weighted by atomic mass is 10.1. The van der Waals surface area contributed by atoms with Gasteiger partial charge in [0.05, 0.1) is 17.5 Å². The Labute approximate surface area is 163 Å². The summed E-state index contributed by atoms with van der Waals surface area (Å²) in [6.45, 7) is 3.78. The van der Waals surface area contributed by atoms with E-state index >= 15 is 0 Å². The number of hydrazone groups is 1. The number of aryl methyl sites for hydroxylation is 2. The summed E-state index contributed by atoms with van der Waals surface area (Å²) in [6, 6.07) is 18.3. The van der Waals surface area contributed by atoms with Crippen molar-refractivity contribution in [3.63, 3.8) is 0 Å². The minimum absolute atomic E-state index is 0.280. The number of furan rings is 1. The molecule has 0 amide bonds. The van der Waals surface area contributed by atoms with Crippen LogP contribution in [-0.4, -0.2) is 18.8 Å². The van der Waals surface area contributed by atoms with Gasteiger partial charge in [0.1, 0.15) is 17.6 Å². The summed E-state index contributed by atoms with van der Waals surface area (Å²) in [6.07, 6.45) is 1.59. The van der Waals surface area contributed by atoms with Gasteiger partial charge < -0.3 is 9.15 Å². The van der Waals surface area contributed by atoms with Crippen molar-refractivity contribution in [3.05, 3.63) is 77.0 Å². The van der Waals surface area contributed by atoms with Gasteiger partial charge in [-0.3, -0.25) is 5.43 Å². The minimum Gasteiger partial charge on any atom is -0.455 e. The number of anilines is 1. The molecule has 0 unspecified atom stereocenters. The maximum Gasteiger partial charge on any atom is 0.339 e. The lowest BCUT2D eigenvalue weighted by Gasteiger charge is -2.05. The summed E-state index contributed by atoms with van der Waals surface area (Å²) in [7, 11) is 0. The Morgan fingerprint density at radius 1 is 1.21 bits per heavy atom. The molecule has 1 aromatic heterocycles. The molecule has 3 rings (SSSR count). The fraction of sp³-hybridized carbons (Fsp3) is 0.136. The fourth-order valence-corrected chi connectivity index (χ4v) is 2.66. The molecule has 0 saturated heterocycles. The van der Waals surface area contributed by atoms with Crippen LogP contribution >= 0.6 is 0 Å². The first kappa shape index (κ1) is 18.9. The van der Waals surface area contributed by atoms with Crippen molar-refractivity contribution in [2.24, 2.45) is 5.10 Å². The highest BCUT2D eigenvalue weighted by Crippen LogP contribution is 2.23. The van der Waals surface area contributed by atoms with Crippen LogP contribution in [0.2, 0.25) is 0 Å². The highest BCUT2D eigenvalue weighted by atomic mass is 16.5. The molecule has 0 radical (unpaired) electrons. The number of hydrogen-bond acceptors (Lipinski definition) is 6. The second kappa shape index (κ2) is 8.69. The van der Waals surface area contributed by atoms with E-state index in [2.05, 4.69) is 16.6 Å². The number of ether oxygens (including phenoxy) is 1. The Bertz CT molecular complexity index is 1060. The average molecular weight is 373 g/mol.